The van der Waals surface area contributed by atoms with E-state index in [0.717, 1.165) is 26.6 Å². The van der Waals surface area contributed by atoms with Gasteiger partial charge in [-0.25, -0.2) is 9.97 Å². The minimum Gasteiger partial charge on any atom is -0.327 e. The van der Waals surface area contributed by atoms with Crippen LogP contribution in [0.5, 0.6) is 0 Å². The highest BCUT2D eigenvalue weighted by atomic mass is 79.9. The minimum atomic E-state index is 0.0380. The van der Waals surface area contributed by atoms with Crippen LogP contribution in [0.2, 0.25) is 0 Å². The molecule has 0 spiro atoms. The molecule has 2 atom stereocenters. The number of hydrogen-bond acceptors (Lipinski definition) is 5. The van der Waals surface area contributed by atoms with Crippen molar-refractivity contribution in [2.24, 2.45) is 5.73 Å². The van der Waals surface area contributed by atoms with E-state index in [2.05, 4.69) is 44.3 Å². The molecule has 2 unspecified atom stereocenters. The van der Waals surface area contributed by atoms with Gasteiger partial charge in [0, 0.05) is 32.2 Å². The first-order valence-corrected chi connectivity index (χ1v) is 8.91. The maximum Gasteiger partial charge on any atom is 0.188 e. The Bertz CT molecular complexity index is 587. The van der Waals surface area contributed by atoms with E-state index in [4.69, 9.17) is 5.73 Å². The van der Waals surface area contributed by atoms with Crippen LogP contribution in [0.4, 0.5) is 0 Å². The quantitative estimate of drug-likeness (QED) is 0.638. The molecule has 2 N–H and O–H groups in total. The molecule has 0 aliphatic carbocycles. The third kappa shape index (κ3) is 3.61. The number of thioether (sulfide) groups is 1. The average Bonchev–Trinajstić information content (AvgIpc) is 2.79. The Labute approximate surface area is 136 Å². The van der Waals surface area contributed by atoms with Gasteiger partial charge in [0.05, 0.1) is 5.25 Å². The summed E-state index contributed by atoms with van der Waals surface area (Å²) >= 11 is 6.85. The molecule has 2 aromatic heterocycles. The van der Waals surface area contributed by atoms with Crippen molar-refractivity contribution in [3.8, 4) is 0 Å². The highest BCUT2D eigenvalue weighted by Gasteiger charge is 2.21. The van der Waals surface area contributed by atoms with Crippen LogP contribution in [0.1, 0.15) is 34.0 Å². The first-order chi connectivity index (χ1) is 9.38. The third-order valence-electron chi connectivity index (χ3n) is 3.19. The Morgan fingerprint density at radius 1 is 1.25 bits per heavy atom. The maximum absolute atomic E-state index is 6.15. The second-order valence-corrected chi connectivity index (χ2v) is 7.83. The van der Waals surface area contributed by atoms with Crippen LogP contribution in [0.3, 0.4) is 0 Å². The lowest BCUT2D eigenvalue weighted by molar-refractivity contribution is 0.724. The molecule has 0 bridgehead atoms. The Kier molecular flexibility index (Phi) is 5.23. The van der Waals surface area contributed by atoms with Crippen molar-refractivity contribution in [2.75, 3.05) is 0 Å². The molecule has 20 heavy (non-hydrogen) atoms. The Morgan fingerprint density at radius 3 is 2.30 bits per heavy atom. The SMILES string of the molecule is Cc1nc(SC(c2cc(Br)cs2)C(C)N)nc(C)c1C. The number of nitrogens with zero attached hydrogens (tertiary/aromatic N) is 2. The standard InChI is InChI=1S/C14H18BrN3S2/c1-7-9(3)17-14(18-10(7)4)20-13(8(2)16)12-5-11(15)6-19-12/h5-6,8,13H,16H2,1-4H3. The lowest BCUT2D eigenvalue weighted by Crippen LogP contribution is -2.22. The molecule has 0 fully saturated rings. The molecule has 0 aromatic carbocycles. The molecule has 2 aromatic rings. The summed E-state index contributed by atoms with van der Waals surface area (Å²) in [6.07, 6.45) is 0. The topological polar surface area (TPSA) is 51.8 Å². The first kappa shape index (κ1) is 15.9. The van der Waals surface area contributed by atoms with Crippen LogP contribution in [0.25, 0.3) is 0 Å². The second kappa shape index (κ2) is 6.56. The van der Waals surface area contributed by atoms with Crippen LogP contribution in [0.15, 0.2) is 21.1 Å². The van der Waals surface area contributed by atoms with Crippen molar-refractivity contribution in [1.82, 2.24) is 9.97 Å². The number of rotatable bonds is 4. The molecule has 2 rings (SSSR count). The van der Waals surface area contributed by atoms with E-state index in [-0.39, 0.29) is 11.3 Å². The van der Waals surface area contributed by atoms with Gasteiger partial charge in [-0.3, -0.25) is 0 Å². The molecule has 3 nitrogen and oxygen atoms in total. The van der Waals surface area contributed by atoms with Gasteiger partial charge in [0.2, 0.25) is 0 Å². The summed E-state index contributed by atoms with van der Waals surface area (Å²) in [5.74, 6) is 0. The van der Waals surface area contributed by atoms with E-state index in [0.29, 0.717) is 0 Å². The number of aromatic nitrogens is 2. The van der Waals surface area contributed by atoms with Gasteiger partial charge in [0.15, 0.2) is 5.16 Å². The zero-order chi connectivity index (χ0) is 14.9. The predicted octanol–water partition coefficient (Wildman–Crippen LogP) is 4.41. The van der Waals surface area contributed by atoms with Crippen molar-refractivity contribution >= 4 is 39.0 Å². The molecule has 0 radical (unpaired) electrons. The Balaban J connectivity index is 2.29. The van der Waals surface area contributed by atoms with Crippen LogP contribution >= 0.6 is 39.0 Å². The number of aryl methyl sites for hydroxylation is 2. The van der Waals surface area contributed by atoms with Gasteiger partial charge in [-0.05, 0) is 55.3 Å². The molecular weight excluding hydrogens is 354 g/mol. The smallest absolute Gasteiger partial charge is 0.188 e. The second-order valence-electron chi connectivity index (χ2n) is 4.87. The molecule has 108 valence electrons. The van der Waals surface area contributed by atoms with Crippen LogP contribution in [0, 0.1) is 20.8 Å². The number of nitrogens with two attached hydrogens (primary N) is 1. The molecule has 2 heterocycles. The lowest BCUT2D eigenvalue weighted by Gasteiger charge is -2.18. The Hall–Kier alpha value is -0.430. The van der Waals surface area contributed by atoms with Crippen molar-refractivity contribution in [3.05, 3.63) is 37.7 Å². The van der Waals surface area contributed by atoms with E-state index in [1.54, 1.807) is 23.1 Å². The van der Waals surface area contributed by atoms with E-state index >= 15 is 0 Å². The molecule has 0 aliphatic heterocycles. The molecule has 6 heteroatoms. The normalized spacial score (nSPS) is 14.3. The third-order valence-corrected chi connectivity index (χ3v) is 6.45. The lowest BCUT2D eigenvalue weighted by atomic mass is 10.2. The van der Waals surface area contributed by atoms with Gasteiger partial charge in [-0.1, -0.05) is 11.8 Å². The van der Waals surface area contributed by atoms with E-state index < -0.39 is 0 Å². The molecule has 0 aliphatic rings. The molecule has 0 saturated heterocycles. The summed E-state index contributed by atoms with van der Waals surface area (Å²) in [5, 5.41) is 3.06. The fourth-order valence-corrected chi connectivity index (χ4v) is 4.66. The predicted molar refractivity (Wildman–Crippen MR) is 90.5 cm³/mol. The van der Waals surface area contributed by atoms with E-state index in [1.165, 1.54) is 4.88 Å². The first-order valence-electron chi connectivity index (χ1n) is 6.36. The number of halogens is 1. The van der Waals surface area contributed by atoms with Crippen molar-refractivity contribution < 1.29 is 0 Å². The fourth-order valence-electron chi connectivity index (χ4n) is 1.81. The van der Waals surface area contributed by atoms with Gasteiger partial charge in [0.1, 0.15) is 0 Å². The zero-order valence-corrected chi connectivity index (χ0v) is 15.2. The van der Waals surface area contributed by atoms with Crippen LogP contribution in [-0.4, -0.2) is 16.0 Å². The summed E-state index contributed by atoms with van der Waals surface area (Å²) in [4.78, 5) is 10.4. The summed E-state index contributed by atoms with van der Waals surface area (Å²) in [7, 11) is 0. The molecule has 0 amide bonds. The van der Waals surface area contributed by atoms with Gasteiger partial charge < -0.3 is 5.73 Å². The number of thiophene rings is 1. The van der Waals surface area contributed by atoms with Crippen molar-refractivity contribution in [1.29, 1.82) is 0 Å². The molecule has 0 saturated carbocycles. The van der Waals surface area contributed by atoms with Gasteiger partial charge in [0.25, 0.3) is 0 Å². The zero-order valence-electron chi connectivity index (χ0n) is 12.0. The Morgan fingerprint density at radius 2 is 1.85 bits per heavy atom. The van der Waals surface area contributed by atoms with E-state index in [9.17, 15) is 0 Å². The largest absolute Gasteiger partial charge is 0.327 e. The minimum absolute atomic E-state index is 0.0380. The van der Waals surface area contributed by atoms with E-state index in [1.807, 2.05) is 20.8 Å². The maximum atomic E-state index is 6.15. The monoisotopic (exact) mass is 371 g/mol. The summed E-state index contributed by atoms with van der Waals surface area (Å²) in [6.45, 7) is 8.13. The average molecular weight is 372 g/mol. The van der Waals surface area contributed by atoms with Gasteiger partial charge in [-0.15, -0.1) is 11.3 Å². The van der Waals surface area contributed by atoms with Gasteiger partial charge >= 0.3 is 0 Å². The highest BCUT2D eigenvalue weighted by molar-refractivity contribution is 9.10. The summed E-state index contributed by atoms with van der Waals surface area (Å²) < 4.78 is 1.10. The summed E-state index contributed by atoms with van der Waals surface area (Å²) in [6, 6.07) is 2.16. The number of hydrogen-bond donors (Lipinski definition) is 1. The van der Waals surface area contributed by atoms with Crippen molar-refractivity contribution in [3.63, 3.8) is 0 Å². The van der Waals surface area contributed by atoms with Gasteiger partial charge in [-0.2, -0.15) is 0 Å². The van der Waals surface area contributed by atoms with Crippen molar-refractivity contribution in [2.45, 2.75) is 44.1 Å². The van der Waals surface area contributed by atoms with Crippen LogP contribution < -0.4 is 5.73 Å². The van der Waals surface area contributed by atoms with Crippen LogP contribution in [-0.2, 0) is 0 Å². The molecular formula is C14H18BrN3S2. The fraction of sp³-hybridized carbons (Fsp3) is 0.429. The summed E-state index contributed by atoms with van der Waals surface area (Å²) in [5.41, 5.74) is 9.38. The highest BCUT2D eigenvalue weighted by Crippen LogP contribution is 2.39.